The van der Waals surface area contributed by atoms with Crippen molar-refractivity contribution in [3.05, 3.63) is 52.3 Å². The van der Waals surface area contributed by atoms with E-state index in [1.807, 2.05) is 5.48 Å². The molecular formula is C20H20ClF3N6O. The first-order valence-electron chi connectivity index (χ1n) is 9.74. The molecule has 4 N–H and O–H groups in total. The number of fused-ring (bicyclic) bond motifs is 1. The highest BCUT2D eigenvalue weighted by Gasteiger charge is 2.20. The average Bonchev–Trinajstić information content (AvgIpc) is 3.42. The summed E-state index contributed by atoms with van der Waals surface area (Å²) >= 11 is 5.76. The van der Waals surface area contributed by atoms with Gasteiger partial charge in [0.05, 0.1) is 16.2 Å². The van der Waals surface area contributed by atoms with Crippen molar-refractivity contribution in [1.29, 1.82) is 0 Å². The van der Waals surface area contributed by atoms with Crippen LogP contribution in [0, 0.1) is 17.5 Å². The van der Waals surface area contributed by atoms with Crippen LogP contribution in [0.2, 0.25) is 5.02 Å². The minimum atomic E-state index is -1.15. The van der Waals surface area contributed by atoms with E-state index in [0.717, 1.165) is 31.8 Å². The second-order valence-corrected chi connectivity index (χ2v) is 7.58. The molecule has 0 radical (unpaired) electrons. The zero-order chi connectivity index (χ0) is 22.0. The van der Waals surface area contributed by atoms with Gasteiger partial charge in [-0.1, -0.05) is 11.6 Å². The first-order chi connectivity index (χ1) is 15.0. The molecule has 0 unspecified atom stereocenters. The normalized spacial score (nSPS) is 15.1. The van der Waals surface area contributed by atoms with Crippen molar-refractivity contribution in [2.75, 3.05) is 31.5 Å². The maximum atomic E-state index is 14.4. The lowest BCUT2D eigenvalue weighted by Gasteiger charge is -2.14. The largest absolute Gasteiger partial charge is 0.355 e. The van der Waals surface area contributed by atoms with Crippen LogP contribution < -0.4 is 10.8 Å². The van der Waals surface area contributed by atoms with Gasteiger partial charge in [-0.05, 0) is 50.2 Å². The molecule has 2 heterocycles. The van der Waals surface area contributed by atoms with Crippen LogP contribution in [0.4, 0.5) is 24.8 Å². The number of rotatable bonds is 6. The van der Waals surface area contributed by atoms with Crippen molar-refractivity contribution < 1.29 is 18.4 Å². The number of anilines is 1. The van der Waals surface area contributed by atoms with E-state index in [2.05, 4.69) is 25.2 Å². The highest BCUT2D eigenvalue weighted by molar-refractivity contribution is 6.31. The smallest absolute Gasteiger partial charge is 0.201 e. The number of halogens is 4. The van der Waals surface area contributed by atoms with Crippen LogP contribution in [0.3, 0.4) is 0 Å². The number of benzene rings is 2. The van der Waals surface area contributed by atoms with Gasteiger partial charge < -0.3 is 15.2 Å². The Morgan fingerprint density at radius 1 is 1.19 bits per heavy atom. The maximum absolute atomic E-state index is 14.4. The number of hydrogen-bond donors (Lipinski definition) is 4. The number of hydrogen-bond acceptors (Lipinski definition) is 5. The van der Waals surface area contributed by atoms with Crippen molar-refractivity contribution >= 4 is 40.1 Å². The van der Waals surface area contributed by atoms with Crippen LogP contribution in [0.15, 0.2) is 29.3 Å². The van der Waals surface area contributed by atoms with Gasteiger partial charge in [0.25, 0.3) is 0 Å². The SMILES string of the molecule is ONC(=Nc1ccc(F)c(Cl)c1)c1cc(F)c(F)c2nc(NCCN3CCCC3)[nH]c12. The number of imidazole rings is 1. The zero-order valence-corrected chi connectivity index (χ0v) is 17.1. The van der Waals surface area contributed by atoms with Crippen LogP contribution in [0.5, 0.6) is 0 Å². The molecule has 0 atom stereocenters. The summed E-state index contributed by atoms with van der Waals surface area (Å²) in [7, 11) is 0. The number of H-pyrrole nitrogens is 1. The van der Waals surface area contributed by atoms with Gasteiger partial charge in [0.2, 0.25) is 5.95 Å². The lowest BCUT2D eigenvalue weighted by atomic mass is 10.1. The highest BCUT2D eigenvalue weighted by atomic mass is 35.5. The number of hydroxylamine groups is 1. The van der Waals surface area contributed by atoms with Crippen LogP contribution in [-0.2, 0) is 0 Å². The number of likely N-dealkylation sites (tertiary alicyclic amines) is 1. The molecule has 164 valence electrons. The van der Waals surface area contributed by atoms with Gasteiger partial charge in [-0.25, -0.2) is 23.1 Å². The molecule has 1 aliphatic rings. The van der Waals surface area contributed by atoms with Crippen LogP contribution in [0.1, 0.15) is 18.4 Å². The summed E-state index contributed by atoms with van der Waals surface area (Å²) in [4.78, 5) is 13.5. The quantitative estimate of drug-likeness (QED) is 0.256. The predicted octanol–water partition coefficient (Wildman–Crippen LogP) is 4.20. The van der Waals surface area contributed by atoms with Gasteiger partial charge in [0.1, 0.15) is 11.3 Å². The Morgan fingerprint density at radius 2 is 1.97 bits per heavy atom. The third-order valence-electron chi connectivity index (χ3n) is 5.09. The second-order valence-electron chi connectivity index (χ2n) is 7.18. The summed E-state index contributed by atoms with van der Waals surface area (Å²) in [5.74, 6) is -2.84. The molecule has 31 heavy (non-hydrogen) atoms. The van der Waals surface area contributed by atoms with E-state index in [1.165, 1.54) is 25.0 Å². The van der Waals surface area contributed by atoms with E-state index in [1.54, 1.807) is 0 Å². The summed E-state index contributed by atoms with van der Waals surface area (Å²) in [5.41, 5.74) is 2.01. The van der Waals surface area contributed by atoms with Crippen molar-refractivity contribution in [2.45, 2.75) is 12.8 Å². The molecule has 7 nitrogen and oxygen atoms in total. The summed E-state index contributed by atoms with van der Waals surface area (Å²) in [6.07, 6.45) is 2.35. The molecule has 0 saturated carbocycles. The first-order valence-corrected chi connectivity index (χ1v) is 10.1. The Bertz CT molecular complexity index is 1130. The summed E-state index contributed by atoms with van der Waals surface area (Å²) in [6, 6.07) is 4.56. The molecule has 1 saturated heterocycles. The standard InChI is InChI=1S/C20H20ClF3N6O/c21-13-9-11(3-4-14(13)22)26-19(29-31)12-10-15(23)16(24)18-17(12)27-20(28-18)25-5-8-30-6-1-2-7-30/h3-4,9-10,31H,1-2,5-8H2,(H,26,29)(H2,25,27,28). The third-order valence-corrected chi connectivity index (χ3v) is 5.38. The molecule has 1 fully saturated rings. The minimum absolute atomic E-state index is 0.0388. The zero-order valence-electron chi connectivity index (χ0n) is 16.4. The molecule has 1 aliphatic heterocycles. The third kappa shape index (κ3) is 4.60. The van der Waals surface area contributed by atoms with Gasteiger partial charge in [0.15, 0.2) is 17.5 Å². The van der Waals surface area contributed by atoms with E-state index in [4.69, 9.17) is 11.6 Å². The fourth-order valence-corrected chi connectivity index (χ4v) is 3.72. The Balaban J connectivity index is 1.66. The Morgan fingerprint density at radius 3 is 2.68 bits per heavy atom. The molecule has 0 aliphatic carbocycles. The fourth-order valence-electron chi connectivity index (χ4n) is 3.54. The summed E-state index contributed by atoms with van der Waals surface area (Å²) in [6.45, 7) is 3.46. The topological polar surface area (TPSA) is 88.6 Å². The Hall–Kier alpha value is -2.82. The molecule has 2 aromatic carbocycles. The number of aromatic amines is 1. The summed E-state index contributed by atoms with van der Waals surface area (Å²) in [5, 5.41) is 12.5. The number of aromatic nitrogens is 2. The van der Waals surface area contributed by atoms with Gasteiger partial charge >= 0.3 is 0 Å². The molecule has 0 bridgehead atoms. The molecule has 0 spiro atoms. The predicted molar refractivity (Wildman–Crippen MR) is 113 cm³/mol. The van der Waals surface area contributed by atoms with E-state index in [-0.39, 0.29) is 39.1 Å². The van der Waals surface area contributed by atoms with E-state index >= 15 is 0 Å². The lowest BCUT2D eigenvalue weighted by Crippen LogP contribution is -2.26. The molecule has 11 heteroatoms. The van der Waals surface area contributed by atoms with Crippen LogP contribution >= 0.6 is 11.6 Å². The number of amidine groups is 1. The monoisotopic (exact) mass is 452 g/mol. The molecule has 4 rings (SSSR count). The highest BCUT2D eigenvalue weighted by Crippen LogP contribution is 2.27. The fraction of sp³-hybridized carbons (Fsp3) is 0.300. The molecular weight excluding hydrogens is 433 g/mol. The van der Waals surface area contributed by atoms with Gasteiger partial charge in [-0.2, -0.15) is 0 Å². The Kier molecular flexibility index (Phi) is 6.30. The maximum Gasteiger partial charge on any atom is 0.201 e. The van der Waals surface area contributed by atoms with Crippen molar-refractivity contribution in [3.63, 3.8) is 0 Å². The van der Waals surface area contributed by atoms with E-state index in [0.29, 0.717) is 6.54 Å². The van der Waals surface area contributed by atoms with E-state index < -0.39 is 17.5 Å². The number of nitrogens with one attached hydrogen (secondary N) is 3. The van der Waals surface area contributed by atoms with Crippen molar-refractivity contribution in [2.24, 2.45) is 4.99 Å². The second kappa shape index (κ2) is 9.13. The number of nitrogens with zero attached hydrogens (tertiary/aromatic N) is 3. The van der Waals surface area contributed by atoms with Crippen LogP contribution in [0.25, 0.3) is 11.0 Å². The molecule has 0 amide bonds. The lowest BCUT2D eigenvalue weighted by molar-refractivity contribution is 0.235. The Labute approximate surface area is 180 Å². The van der Waals surface area contributed by atoms with Gasteiger partial charge in [-0.15, -0.1) is 0 Å². The van der Waals surface area contributed by atoms with E-state index in [9.17, 15) is 18.4 Å². The van der Waals surface area contributed by atoms with Crippen molar-refractivity contribution in [3.8, 4) is 0 Å². The minimum Gasteiger partial charge on any atom is -0.355 e. The van der Waals surface area contributed by atoms with Crippen LogP contribution in [-0.4, -0.2) is 52.1 Å². The molecule has 1 aromatic heterocycles. The van der Waals surface area contributed by atoms with Crippen molar-refractivity contribution in [1.82, 2.24) is 20.3 Å². The van der Waals surface area contributed by atoms with Gasteiger partial charge in [-0.3, -0.25) is 10.7 Å². The number of aliphatic imine (C=N–C) groups is 1. The van der Waals surface area contributed by atoms with Gasteiger partial charge in [0, 0.05) is 18.7 Å². The summed E-state index contributed by atoms with van der Waals surface area (Å²) < 4.78 is 42.0. The first kappa shape index (κ1) is 21.4. The molecule has 3 aromatic rings. The average molecular weight is 453 g/mol.